The number of ether oxygens (including phenoxy) is 1. The highest BCUT2D eigenvalue weighted by molar-refractivity contribution is 5.61. The van der Waals surface area contributed by atoms with Crippen molar-refractivity contribution in [3.63, 3.8) is 0 Å². The van der Waals surface area contributed by atoms with E-state index in [9.17, 15) is 5.11 Å². The Bertz CT molecular complexity index is 353. The van der Waals surface area contributed by atoms with Gasteiger partial charge >= 0.3 is 0 Å². The Hall–Kier alpha value is -1.42. The van der Waals surface area contributed by atoms with Crippen LogP contribution in [-0.2, 0) is 0 Å². The average molecular weight is 238 g/mol. The molecule has 4 nitrogen and oxygen atoms in total. The molecule has 0 aliphatic rings. The summed E-state index contributed by atoms with van der Waals surface area (Å²) in [5.74, 6) is 1.14. The van der Waals surface area contributed by atoms with Crippen LogP contribution in [-0.4, -0.2) is 24.9 Å². The first-order valence-electron chi connectivity index (χ1n) is 5.88. The molecule has 0 aliphatic heterocycles. The number of nitrogens with two attached hydrogens (primary N) is 1. The minimum absolute atomic E-state index is 0.335. The second-order valence-electron chi connectivity index (χ2n) is 4.62. The van der Waals surface area contributed by atoms with E-state index in [1.54, 1.807) is 13.2 Å². The van der Waals surface area contributed by atoms with Crippen molar-refractivity contribution in [3.8, 4) is 5.75 Å². The third-order valence-electron chi connectivity index (χ3n) is 2.52. The molecule has 1 rings (SSSR count). The van der Waals surface area contributed by atoms with Gasteiger partial charge in [-0.3, -0.25) is 0 Å². The SMILES string of the molecule is COc1cc(NCC(O)CC(C)C)ccc1N. The fraction of sp³-hybridized carbons (Fsp3) is 0.538. The number of hydrogen-bond donors (Lipinski definition) is 3. The zero-order valence-electron chi connectivity index (χ0n) is 10.7. The Morgan fingerprint density at radius 3 is 2.71 bits per heavy atom. The lowest BCUT2D eigenvalue weighted by Crippen LogP contribution is -2.21. The predicted molar refractivity (Wildman–Crippen MR) is 71.4 cm³/mol. The van der Waals surface area contributed by atoms with E-state index in [1.807, 2.05) is 12.1 Å². The monoisotopic (exact) mass is 238 g/mol. The van der Waals surface area contributed by atoms with Gasteiger partial charge in [-0.2, -0.15) is 0 Å². The molecule has 0 saturated heterocycles. The Balaban J connectivity index is 2.52. The van der Waals surface area contributed by atoms with Gasteiger partial charge in [0.1, 0.15) is 5.75 Å². The van der Waals surface area contributed by atoms with Gasteiger partial charge in [-0.15, -0.1) is 0 Å². The highest BCUT2D eigenvalue weighted by Crippen LogP contribution is 2.24. The van der Waals surface area contributed by atoms with Crippen molar-refractivity contribution in [1.29, 1.82) is 0 Å². The number of benzene rings is 1. The third-order valence-corrected chi connectivity index (χ3v) is 2.52. The van der Waals surface area contributed by atoms with Crippen LogP contribution in [0, 0.1) is 5.92 Å². The minimum Gasteiger partial charge on any atom is -0.495 e. The van der Waals surface area contributed by atoms with Crippen LogP contribution in [0.1, 0.15) is 20.3 Å². The number of nitrogen functional groups attached to an aromatic ring is 1. The normalized spacial score (nSPS) is 12.5. The minimum atomic E-state index is -0.335. The van der Waals surface area contributed by atoms with E-state index < -0.39 is 0 Å². The van der Waals surface area contributed by atoms with E-state index in [1.165, 1.54) is 0 Å². The van der Waals surface area contributed by atoms with Crippen LogP contribution in [0.25, 0.3) is 0 Å². The predicted octanol–water partition coefficient (Wildman–Crippen LogP) is 2.10. The van der Waals surface area contributed by atoms with Crippen molar-refractivity contribution in [3.05, 3.63) is 18.2 Å². The van der Waals surface area contributed by atoms with Crippen LogP contribution in [0.4, 0.5) is 11.4 Å². The molecule has 4 heteroatoms. The molecule has 0 spiro atoms. The molecule has 0 fully saturated rings. The van der Waals surface area contributed by atoms with Gasteiger partial charge in [-0.05, 0) is 24.5 Å². The lowest BCUT2D eigenvalue weighted by Gasteiger charge is -2.15. The maximum Gasteiger partial charge on any atom is 0.143 e. The third kappa shape index (κ3) is 4.53. The molecular formula is C13H22N2O2. The lowest BCUT2D eigenvalue weighted by molar-refractivity contribution is 0.161. The fourth-order valence-corrected chi connectivity index (χ4v) is 1.68. The molecule has 0 saturated carbocycles. The van der Waals surface area contributed by atoms with Gasteiger partial charge in [0.05, 0.1) is 18.9 Å². The van der Waals surface area contributed by atoms with Crippen LogP contribution in [0.15, 0.2) is 18.2 Å². The number of anilines is 2. The van der Waals surface area contributed by atoms with Gasteiger partial charge in [-0.25, -0.2) is 0 Å². The van der Waals surface area contributed by atoms with Crippen molar-refractivity contribution >= 4 is 11.4 Å². The molecule has 17 heavy (non-hydrogen) atoms. The van der Waals surface area contributed by atoms with Crippen molar-refractivity contribution < 1.29 is 9.84 Å². The van der Waals surface area contributed by atoms with E-state index in [2.05, 4.69) is 19.2 Å². The summed E-state index contributed by atoms with van der Waals surface area (Å²) in [5.41, 5.74) is 7.23. The maximum absolute atomic E-state index is 9.74. The zero-order valence-corrected chi connectivity index (χ0v) is 10.7. The largest absolute Gasteiger partial charge is 0.495 e. The average Bonchev–Trinajstić information content (AvgIpc) is 2.27. The van der Waals surface area contributed by atoms with Crippen molar-refractivity contribution in [2.75, 3.05) is 24.7 Å². The molecule has 1 aromatic rings. The summed E-state index contributed by atoms with van der Waals surface area (Å²) in [5, 5.41) is 12.9. The lowest BCUT2D eigenvalue weighted by atomic mass is 10.1. The van der Waals surface area contributed by atoms with Crippen LogP contribution in [0.5, 0.6) is 5.75 Å². The molecular weight excluding hydrogens is 216 g/mol. The molecule has 0 aliphatic carbocycles. The first-order chi connectivity index (χ1) is 8.02. The highest BCUT2D eigenvalue weighted by atomic mass is 16.5. The van der Waals surface area contributed by atoms with Gasteiger partial charge in [0, 0.05) is 18.3 Å². The van der Waals surface area contributed by atoms with Gasteiger partial charge in [-0.1, -0.05) is 13.8 Å². The topological polar surface area (TPSA) is 67.5 Å². The molecule has 1 atom stereocenters. The molecule has 0 radical (unpaired) electrons. The van der Waals surface area contributed by atoms with Crippen molar-refractivity contribution in [2.24, 2.45) is 5.92 Å². The molecule has 1 unspecified atom stereocenters. The Morgan fingerprint density at radius 1 is 1.41 bits per heavy atom. The standard InChI is InChI=1S/C13H22N2O2/c1-9(2)6-11(16)8-15-10-4-5-12(14)13(7-10)17-3/h4-5,7,9,11,15-16H,6,8,14H2,1-3H3. The van der Waals surface area contributed by atoms with Crippen LogP contribution in [0.3, 0.4) is 0 Å². The van der Waals surface area contributed by atoms with E-state index in [4.69, 9.17) is 10.5 Å². The molecule has 1 aromatic carbocycles. The van der Waals surface area contributed by atoms with Crippen LogP contribution < -0.4 is 15.8 Å². The smallest absolute Gasteiger partial charge is 0.143 e. The second kappa shape index (κ2) is 6.35. The van der Waals surface area contributed by atoms with Crippen molar-refractivity contribution in [1.82, 2.24) is 0 Å². The summed E-state index contributed by atoms with van der Waals surface area (Å²) in [6.45, 7) is 4.72. The van der Waals surface area contributed by atoms with E-state index >= 15 is 0 Å². The summed E-state index contributed by atoms with van der Waals surface area (Å²) >= 11 is 0. The summed E-state index contributed by atoms with van der Waals surface area (Å²) < 4.78 is 5.13. The Morgan fingerprint density at radius 2 is 2.12 bits per heavy atom. The van der Waals surface area contributed by atoms with Gasteiger partial charge in [0.15, 0.2) is 0 Å². The van der Waals surface area contributed by atoms with Gasteiger partial charge < -0.3 is 20.9 Å². The number of aliphatic hydroxyl groups is 1. The highest BCUT2D eigenvalue weighted by Gasteiger charge is 2.07. The summed E-state index contributed by atoms with van der Waals surface area (Å²) in [4.78, 5) is 0. The van der Waals surface area contributed by atoms with Crippen LogP contribution in [0.2, 0.25) is 0 Å². The molecule has 0 aromatic heterocycles. The molecule has 0 bridgehead atoms. The molecule has 0 heterocycles. The molecule has 0 amide bonds. The fourth-order valence-electron chi connectivity index (χ4n) is 1.68. The Kier molecular flexibility index (Phi) is 5.10. The first kappa shape index (κ1) is 13.6. The Labute approximate surface area is 103 Å². The summed E-state index contributed by atoms with van der Waals surface area (Å²) in [7, 11) is 1.59. The number of hydrogen-bond acceptors (Lipinski definition) is 4. The number of rotatable bonds is 6. The molecule has 4 N–H and O–H groups in total. The number of aliphatic hydroxyl groups excluding tert-OH is 1. The zero-order chi connectivity index (χ0) is 12.8. The van der Waals surface area contributed by atoms with Gasteiger partial charge in [0.25, 0.3) is 0 Å². The molecule has 96 valence electrons. The summed E-state index contributed by atoms with van der Waals surface area (Å²) in [6, 6.07) is 5.49. The van der Waals surface area contributed by atoms with Crippen molar-refractivity contribution in [2.45, 2.75) is 26.4 Å². The second-order valence-corrected chi connectivity index (χ2v) is 4.62. The summed E-state index contributed by atoms with van der Waals surface area (Å²) in [6.07, 6.45) is 0.456. The van der Waals surface area contributed by atoms with Gasteiger partial charge in [0.2, 0.25) is 0 Å². The van der Waals surface area contributed by atoms with E-state index in [0.717, 1.165) is 12.1 Å². The van der Waals surface area contributed by atoms with E-state index in [0.29, 0.717) is 23.9 Å². The van der Waals surface area contributed by atoms with Crippen LogP contribution >= 0.6 is 0 Å². The number of methoxy groups -OCH3 is 1. The number of nitrogens with one attached hydrogen (secondary N) is 1. The maximum atomic E-state index is 9.74. The van der Waals surface area contributed by atoms with E-state index in [-0.39, 0.29) is 6.10 Å². The first-order valence-corrected chi connectivity index (χ1v) is 5.88. The quantitative estimate of drug-likeness (QED) is 0.664.